The number of aryl methyl sites for hydroxylation is 1. The van der Waals surface area contributed by atoms with Crippen LogP contribution in [0.1, 0.15) is 39.0 Å². The molecule has 1 aromatic rings. The lowest BCUT2D eigenvalue weighted by Crippen LogP contribution is -2.24. The Bertz CT molecular complexity index is 361. The molecule has 0 aliphatic heterocycles. The molecule has 0 fully saturated rings. The summed E-state index contributed by atoms with van der Waals surface area (Å²) in [6, 6.07) is 4.40. The molecule has 0 saturated heterocycles. The Hall–Kier alpha value is -1.09. The summed E-state index contributed by atoms with van der Waals surface area (Å²) in [5.74, 6) is 1.75. The second-order valence-electron chi connectivity index (χ2n) is 5.23. The third-order valence-electron chi connectivity index (χ3n) is 2.90. The maximum atomic E-state index is 4.71. The zero-order valence-corrected chi connectivity index (χ0v) is 12.5. The Labute approximate surface area is 112 Å². The number of anilines is 1. The Morgan fingerprint density at radius 1 is 1.28 bits per heavy atom. The van der Waals surface area contributed by atoms with Crippen molar-refractivity contribution in [3.63, 3.8) is 0 Å². The smallest absolute Gasteiger partial charge is 0.128 e. The van der Waals surface area contributed by atoms with Crippen molar-refractivity contribution in [3.8, 4) is 0 Å². The van der Waals surface area contributed by atoms with Crippen LogP contribution in [0.15, 0.2) is 12.1 Å². The van der Waals surface area contributed by atoms with Crippen molar-refractivity contribution in [2.45, 2.75) is 40.7 Å². The molecular formula is C15H27N3. The molecule has 0 saturated carbocycles. The van der Waals surface area contributed by atoms with E-state index < -0.39 is 0 Å². The molecule has 0 aliphatic carbocycles. The van der Waals surface area contributed by atoms with Gasteiger partial charge in [-0.2, -0.15) is 0 Å². The molecule has 1 rings (SSSR count). The van der Waals surface area contributed by atoms with Crippen molar-refractivity contribution in [1.29, 1.82) is 0 Å². The van der Waals surface area contributed by atoms with Gasteiger partial charge in [0.1, 0.15) is 5.82 Å². The fourth-order valence-corrected chi connectivity index (χ4v) is 2.02. The average molecular weight is 249 g/mol. The monoisotopic (exact) mass is 249 g/mol. The van der Waals surface area contributed by atoms with Crippen LogP contribution in [0.5, 0.6) is 0 Å². The van der Waals surface area contributed by atoms with E-state index in [9.17, 15) is 0 Å². The van der Waals surface area contributed by atoms with Crippen LogP contribution < -0.4 is 10.2 Å². The molecule has 0 aromatic carbocycles. The lowest BCUT2D eigenvalue weighted by atomic mass is 10.1. The van der Waals surface area contributed by atoms with E-state index >= 15 is 0 Å². The molecule has 0 atom stereocenters. The Balaban J connectivity index is 2.88. The maximum absolute atomic E-state index is 4.71. The summed E-state index contributed by atoms with van der Waals surface area (Å²) >= 11 is 0. The van der Waals surface area contributed by atoms with Crippen LogP contribution >= 0.6 is 0 Å². The molecule has 0 bridgehead atoms. The summed E-state index contributed by atoms with van der Waals surface area (Å²) in [4.78, 5) is 6.96. The van der Waals surface area contributed by atoms with Crippen molar-refractivity contribution in [2.24, 2.45) is 5.92 Å². The first-order chi connectivity index (χ1) is 8.56. The quantitative estimate of drug-likeness (QED) is 0.805. The molecule has 1 N–H and O–H groups in total. The summed E-state index contributed by atoms with van der Waals surface area (Å²) in [5, 5.41) is 3.38. The van der Waals surface area contributed by atoms with Crippen LogP contribution in [-0.2, 0) is 13.0 Å². The predicted octanol–water partition coefficient (Wildman–Crippen LogP) is 2.85. The van der Waals surface area contributed by atoms with Crippen LogP contribution in [0.4, 0.5) is 5.82 Å². The largest absolute Gasteiger partial charge is 0.359 e. The fraction of sp³-hybridized carbons (Fsp3) is 0.667. The molecule has 0 unspecified atom stereocenters. The van der Waals surface area contributed by atoms with E-state index in [1.165, 1.54) is 11.3 Å². The van der Waals surface area contributed by atoms with Gasteiger partial charge < -0.3 is 10.2 Å². The van der Waals surface area contributed by atoms with E-state index in [0.29, 0.717) is 5.92 Å². The number of aromatic nitrogens is 1. The van der Waals surface area contributed by atoms with Gasteiger partial charge in [-0.1, -0.05) is 27.7 Å². The SMILES string of the molecule is CCNCc1cc(CC)nc(N(C)CC(C)C)c1. The van der Waals surface area contributed by atoms with Gasteiger partial charge in [0.15, 0.2) is 0 Å². The Morgan fingerprint density at radius 3 is 2.56 bits per heavy atom. The van der Waals surface area contributed by atoms with E-state index in [4.69, 9.17) is 4.98 Å². The van der Waals surface area contributed by atoms with Gasteiger partial charge in [0.05, 0.1) is 0 Å². The standard InChI is InChI=1S/C15H27N3/c1-6-14-8-13(10-16-7-2)9-15(17-14)18(5)11-12(3)4/h8-9,12,16H,6-7,10-11H2,1-5H3. The second kappa shape index (κ2) is 7.37. The third-order valence-corrected chi connectivity index (χ3v) is 2.90. The molecule has 1 heterocycles. The zero-order valence-electron chi connectivity index (χ0n) is 12.5. The van der Waals surface area contributed by atoms with Crippen molar-refractivity contribution in [2.75, 3.05) is 25.0 Å². The highest BCUT2D eigenvalue weighted by molar-refractivity contribution is 5.42. The minimum absolute atomic E-state index is 0.652. The zero-order chi connectivity index (χ0) is 13.5. The summed E-state index contributed by atoms with van der Waals surface area (Å²) in [6.07, 6.45) is 0.989. The van der Waals surface area contributed by atoms with E-state index in [2.05, 4.69) is 57.1 Å². The van der Waals surface area contributed by atoms with Gasteiger partial charge in [-0.05, 0) is 36.6 Å². The van der Waals surface area contributed by atoms with E-state index in [1.54, 1.807) is 0 Å². The topological polar surface area (TPSA) is 28.2 Å². The van der Waals surface area contributed by atoms with Gasteiger partial charge in [-0.25, -0.2) is 4.98 Å². The van der Waals surface area contributed by atoms with Crippen LogP contribution in [0.25, 0.3) is 0 Å². The molecule has 0 aliphatic rings. The van der Waals surface area contributed by atoms with E-state index in [-0.39, 0.29) is 0 Å². The molecule has 3 nitrogen and oxygen atoms in total. The normalized spacial score (nSPS) is 11.0. The lowest BCUT2D eigenvalue weighted by molar-refractivity contribution is 0.633. The third kappa shape index (κ3) is 4.65. The first kappa shape index (κ1) is 15.0. The molecule has 0 spiro atoms. The maximum Gasteiger partial charge on any atom is 0.128 e. The highest BCUT2D eigenvalue weighted by atomic mass is 15.2. The highest BCUT2D eigenvalue weighted by Gasteiger charge is 2.07. The molecule has 0 radical (unpaired) electrons. The summed E-state index contributed by atoms with van der Waals surface area (Å²) in [7, 11) is 2.12. The van der Waals surface area contributed by atoms with Crippen LogP contribution in [0.3, 0.4) is 0 Å². The first-order valence-corrected chi connectivity index (χ1v) is 6.98. The first-order valence-electron chi connectivity index (χ1n) is 6.98. The number of nitrogens with zero attached hydrogens (tertiary/aromatic N) is 2. The van der Waals surface area contributed by atoms with Crippen molar-refractivity contribution in [1.82, 2.24) is 10.3 Å². The number of nitrogens with one attached hydrogen (secondary N) is 1. The second-order valence-corrected chi connectivity index (χ2v) is 5.23. The van der Waals surface area contributed by atoms with E-state index in [1.807, 2.05) is 0 Å². The summed E-state index contributed by atoms with van der Waals surface area (Å²) in [6.45, 7) is 11.7. The van der Waals surface area contributed by atoms with Gasteiger partial charge in [0.2, 0.25) is 0 Å². The van der Waals surface area contributed by atoms with Gasteiger partial charge >= 0.3 is 0 Å². The Morgan fingerprint density at radius 2 is 2.00 bits per heavy atom. The molecule has 102 valence electrons. The van der Waals surface area contributed by atoms with Crippen LogP contribution in [0, 0.1) is 5.92 Å². The summed E-state index contributed by atoms with van der Waals surface area (Å²) in [5.41, 5.74) is 2.50. The van der Waals surface area contributed by atoms with Gasteiger partial charge in [0, 0.05) is 25.8 Å². The minimum atomic E-state index is 0.652. The van der Waals surface area contributed by atoms with Gasteiger partial charge in [-0.3, -0.25) is 0 Å². The van der Waals surface area contributed by atoms with Crippen molar-refractivity contribution < 1.29 is 0 Å². The lowest BCUT2D eigenvalue weighted by Gasteiger charge is -2.22. The molecule has 1 aromatic heterocycles. The number of pyridine rings is 1. The average Bonchev–Trinajstić information content (AvgIpc) is 2.35. The Kier molecular flexibility index (Phi) is 6.13. The van der Waals surface area contributed by atoms with Crippen LogP contribution in [0.2, 0.25) is 0 Å². The minimum Gasteiger partial charge on any atom is -0.359 e. The number of hydrogen-bond donors (Lipinski definition) is 1. The van der Waals surface area contributed by atoms with Crippen molar-refractivity contribution in [3.05, 3.63) is 23.4 Å². The number of rotatable bonds is 7. The molecular weight excluding hydrogens is 222 g/mol. The molecule has 3 heteroatoms. The predicted molar refractivity (Wildman–Crippen MR) is 79.1 cm³/mol. The fourth-order valence-electron chi connectivity index (χ4n) is 2.02. The molecule has 18 heavy (non-hydrogen) atoms. The molecule has 0 amide bonds. The number of hydrogen-bond acceptors (Lipinski definition) is 3. The van der Waals surface area contributed by atoms with Crippen molar-refractivity contribution >= 4 is 5.82 Å². The summed E-state index contributed by atoms with van der Waals surface area (Å²) < 4.78 is 0. The van der Waals surface area contributed by atoms with E-state index in [0.717, 1.165) is 31.9 Å². The van der Waals surface area contributed by atoms with Gasteiger partial charge in [0.25, 0.3) is 0 Å². The van der Waals surface area contributed by atoms with Gasteiger partial charge in [-0.15, -0.1) is 0 Å². The highest BCUT2D eigenvalue weighted by Crippen LogP contribution is 2.16. The van der Waals surface area contributed by atoms with Crippen LogP contribution in [-0.4, -0.2) is 25.1 Å².